The Balaban J connectivity index is 3.71. The summed E-state index contributed by atoms with van der Waals surface area (Å²) in [6.45, 7) is 3.93. The van der Waals surface area contributed by atoms with Crippen LogP contribution in [0.4, 0.5) is 0 Å². The van der Waals surface area contributed by atoms with Crippen LogP contribution in [0.15, 0.2) is 0 Å². The van der Waals surface area contributed by atoms with E-state index < -0.39 is 14.0 Å². The summed E-state index contributed by atoms with van der Waals surface area (Å²) in [5.74, 6) is -0.729. The van der Waals surface area contributed by atoms with Gasteiger partial charge in [0, 0.05) is 11.5 Å². The lowest BCUT2D eigenvalue weighted by Gasteiger charge is -2.14. The van der Waals surface area contributed by atoms with Gasteiger partial charge < -0.3 is 5.11 Å². The van der Waals surface area contributed by atoms with Crippen LogP contribution in [0.3, 0.4) is 0 Å². The summed E-state index contributed by atoms with van der Waals surface area (Å²) in [7, 11) is -1.57. The molecule has 0 heterocycles. The number of alkyl halides is 1. The zero-order chi connectivity index (χ0) is 7.49. The Bertz CT molecular complexity index is 114. The van der Waals surface area contributed by atoms with E-state index in [2.05, 4.69) is 0 Å². The standard InChI is InChI=1S/C5H11ClO2Si/c1-9(2,4-6)3-5(7)8/h3-4H2,1-2H3,(H,7,8). The Kier molecular flexibility index (Phi) is 3.21. The van der Waals surface area contributed by atoms with E-state index in [9.17, 15) is 4.79 Å². The Labute approximate surface area is 60.8 Å². The molecule has 0 unspecified atom stereocenters. The summed E-state index contributed by atoms with van der Waals surface area (Å²) in [5.41, 5.74) is 0.527. The first-order valence-electron chi connectivity index (χ1n) is 2.76. The topological polar surface area (TPSA) is 37.3 Å². The average Bonchev–Trinajstić information content (AvgIpc) is 1.63. The molecule has 2 nitrogen and oxygen atoms in total. The monoisotopic (exact) mass is 166 g/mol. The predicted molar refractivity (Wildman–Crippen MR) is 40.6 cm³/mol. The summed E-state index contributed by atoms with van der Waals surface area (Å²) >= 11 is 5.54. The molecule has 4 heteroatoms. The van der Waals surface area contributed by atoms with Crippen LogP contribution in [-0.4, -0.2) is 24.7 Å². The molecule has 1 N–H and O–H groups in total. The normalized spacial score (nSPS) is 11.4. The lowest BCUT2D eigenvalue weighted by molar-refractivity contribution is -0.134. The van der Waals surface area contributed by atoms with Gasteiger partial charge >= 0.3 is 5.97 Å². The summed E-state index contributed by atoms with van der Waals surface area (Å²) in [4.78, 5) is 10.1. The molecule has 0 aromatic rings. The second kappa shape index (κ2) is 3.22. The van der Waals surface area contributed by atoms with Gasteiger partial charge in [-0.05, 0) is 0 Å². The van der Waals surface area contributed by atoms with Crippen molar-refractivity contribution in [2.75, 3.05) is 5.50 Å². The third kappa shape index (κ3) is 4.48. The number of hydrogen-bond acceptors (Lipinski definition) is 1. The molecule has 0 bridgehead atoms. The Hall–Kier alpha value is -0.0231. The first-order valence-corrected chi connectivity index (χ1v) is 6.70. The van der Waals surface area contributed by atoms with Crippen molar-refractivity contribution in [3.05, 3.63) is 0 Å². The molecule has 0 aromatic heterocycles. The first-order chi connectivity index (χ1) is 3.98. The molecule has 9 heavy (non-hydrogen) atoms. The number of rotatable bonds is 3. The summed E-state index contributed by atoms with van der Waals surface area (Å²) in [6, 6.07) is 0.274. The van der Waals surface area contributed by atoms with Crippen molar-refractivity contribution in [3.8, 4) is 0 Å². The van der Waals surface area contributed by atoms with Crippen molar-refractivity contribution < 1.29 is 9.90 Å². The molecule has 54 valence electrons. The SMILES string of the molecule is C[Si](C)(CCl)CC(=O)O. The zero-order valence-corrected chi connectivity index (χ0v) is 7.40. The molecule has 0 aliphatic rings. The minimum Gasteiger partial charge on any atom is -0.481 e. The number of hydrogen-bond donors (Lipinski definition) is 1. The number of carboxylic acid groups (broad SMARTS) is 1. The molecule has 0 aromatic carbocycles. The molecule has 0 rings (SSSR count). The molecule has 0 spiro atoms. The Morgan fingerprint density at radius 3 is 2.22 bits per heavy atom. The maximum atomic E-state index is 10.1. The van der Waals surface area contributed by atoms with E-state index in [-0.39, 0.29) is 6.04 Å². The molecule has 0 atom stereocenters. The third-order valence-electron chi connectivity index (χ3n) is 0.992. The van der Waals surface area contributed by atoms with Crippen LogP contribution < -0.4 is 0 Å². The highest BCUT2D eigenvalue weighted by molar-refractivity contribution is 6.85. The minimum absolute atomic E-state index is 0.274. The smallest absolute Gasteiger partial charge is 0.300 e. The van der Waals surface area contributed by atoms with Crippen LogP contribution in [0.1, 0.15) is 0 Å². The highest BCUT2D eigenvalue weighted by Crippen LogP contribution is 2.09. The molecule has 0 saturated heterocycles. The highest BCUT2D eigenvalue weighted by Gasteiger charge is 2.22. The van der Waals surface area contributed by atoms with Crippen LogP contribution in [0.5, 0.6) is 0 Å². The fourth-order valence-electron chi connectivity index (χ4n) is 0.457. The van der Waals surface area contributed by atoms with Gasteiger partial charge in [0.2, 0.25) is 0 Å². The minimum atomic E-state index is -1.57. The van der Waals surface area contributed by atoms with E-state index in [1.54, 1.807) is 0 Å². The van der Waals surface area contributed by atoms with Crippen LogP contribution in [-0.2, 0) is 4.79 Å². The van der Waals surface area contributed by atoms with E-state index in [0.29, 0.717) is 5.50 Å². The fraction of sp³-hybridized carbons (Fsp3) is 0.800. The zero-order valence-electron chi connectivity index (χ0n) is 5.65. The third-order valence-corrected chi connectivity index (χ3v) is 5.15. The molecule has 0 radical (unpaired) electrons. The van der Waals surface area contributed by atoms with Gasteiger partial charge in [0.25, 0.3) is 0 Å². The summed E-state index contributed by atoms with van der Waals surface area (Å²) in [6.07, 6.45) is 0. The van der Waals surface area contributed by atoms with Gasteiger partial charge in [0.1, 0.15) is 0 Å². The Morgan fingerprint density at radius 2 is 2.11 bits per heavy atom. The molecule has 0 fully saturated rings. The maximum absolute atomic E-state index is 10.1. The second-order valence-corrected chi connectivity index (χ2v) is 8.62. The van der Waals surface area contributed by atoms with E-state index >= 15 is 0 Å². The fourth-order valence-corrected chi connectivity index (χ4v) is 1.65. The number of carboxylic acids is 1. The molecular weight excluding hydrogens is 156 g/mol. The van der Waals surface area contributed by atoms with Gasteiger partial charge in [-0.15, -0.1) is 11.6 Å². The van der Waals surface area contributed by atoms with E-state index in [0.717, 1.165) is 0 Å². The van der Waals surface area contributed by atoms with Crippen molar-refractivity contribution in [1.82, 2.24) is 0 Å². The van der Waals surface area contributed by atoms with Gasteiger partial charge in [-0.2, -0.15) is 0 Å². The van der Waals surface area contributed by atoms with E-state index in [4.69, 9.17) is 16.7 Å². The predicted octanol–water partition coefficient (Wildman–Crippen LogP) is 1.56. The van der Waals surface area contributed by atoms with Gasteiger partial charge in [-0.1, -0.05) is 13.1 Å². The second-order valence-electron chi connectivity index (χ2n) is 2.87. The highest BCUT2D eigenvalue weighted by atomic mass is 35.5. The molecule has 0 amide bonds. The van der Waals surface area contributed by atoms with Crippen LogP contribution in [0.25, 0.3) is 0 Å². The van der Waals surface area contributed by atoms with Gasteiger partial charge in [0.15, 0.2) is 0 Å². The van der Waals surface area contributed by atoms with Crippen molar-refractivity contribution in [2.24, 2.45) is 0 Å². The first kappa shape index (κ1) is 8.98. The molecular formula is C5H11ClO2Si. The molecule has 0 aliphatic carbocycles. The van der Waals surface area contributed by atoms with Gasteiger partial charge in [-0.25, -0.2) is 0 Å². The quantitative estimate of drug-likeness (QED) is 0.511. The van der Waals surface area contributed by atoms with Gasteiger partial charge in [-0.3, -0.25) is 4.79 Å². The largest absolute Gasteiger partial charge is 0.481 e. The van der Waals surface area contributed by atoms with Crippen molar-refractivity contribution >= 4 is 25.6 Å². The van der Waals surface area contributed by atoms with E-state index in [1.807, 2.05) is 13.1 Å². The average molecular weight is 167 g/mol. The van der Waals surface area contributed by atoms with E-state index in [1.165, 1.54) is 0 Å². The summed E-state index contributed by atoms with van der Waals surface area (Å²) in [5, 5.41) is 8.36. The van der Waals surface area contributed by atoms with Gasteiger partial charge in [0.05, 0.1) is 8.07 Å². The van der Waals surface area contributed by atoms with Crippen LogP contribution in [0.2, 0.25) is 19.1 Å². The molecule has 0 saturated carbocycles. The molecule has 0 aliphatic heterocycles. The number of carbonyl (C=O) groups is 1. The maximum Gasteiger partial charge on any atom is 0.300 e. The van der Waals surface area contributed by atoms with Crippen LogP contribution >= 0.6 is 11.6 Å². The number of halogens is 1. The Morgan fingerprint density at radius 1 is 1.67 bits per heavy atom. The van der Waals surface area contributed by atoms with Crippen LogP contribution in [0, 0.1) is 0 Å². The summed E-state index contributed by atoms with van der Waals surface area (Å²) < 4.78 is 0. The van der Waals surface area contributed by atoms with Crippen molar-refractivity contribution in [3.63, 3.8) is 0 Å². The van der Waals surface area contributed by atoms with Crippen molar-refractivity contribution in [1.29, 1.82) is 0 Å². The van der Waals surface area contributed by atoms with Crippen molar-refractivity contribution in [2.45, 2.75) is 19.1 Å². The lowest BCUT2D eigenvalue weighted by atomic mass is 10.8. The lowest BCUT2D eigenvalue weighted by Crippen LogP contribution is -2.31. The number of aliphatic carboxylic acids is 1.